The first-order chi connectivity index (χ1) is 17.8. The van der Waals surface area contributed by atoms with E-state index >= 15 is 0 Å². The van der Waals surface area contributed by atoms with E-state index in [-0.39, 0.29) is 18.2 Å². The number of hydrogen-bond donors (Lipinski definition) is 3. The third-order valence-corrected chi connectivity index (χ3v) is 7.11. The fraction of sp³-hybridized carbons (Fsp3) is 0.423. The van der Waals surface area contributed by atoms with Crippen molar-refractivity contribution in [1.82, 2.24) is 25.6 Å². The number of carboxylic acids is 1. The van der Waals surface area contributed by atoms with E-state index in [0.29, 0.717) is 24.3 Å². The minimum Gasteiger partial charge on any atom is -0.480 e. The summed E-state index contributed by atoms with van der Waals surface area (Å²) in [6.07, 6.45) is 4.71. The highest BCUT2D eigenvalue weighted by molar-refractivity contribution is 7.98. The number of carboxylic acid groups (broad SMARTS) is 1. The topological polar surface area (TPSA) is 126 Å². The molecule has 11 heteroatoms. The van der Waals surface area contributed by atoms with Crippen LogP contribution in [-0.2, 0) is 20.8 Å². The van der Waals surface area contributed by atoms with Gasteiger partial charge in [-0.05, 0) is 47.8 Å². The quantitative estimate of drug-likeness (QED) is 0.283. The molecule has 3 N–H and O–H groups in total. The van der Waals surface area contributed by atoms with E-state index in [9.17, 15) is 19.5 Å². The Balaban J connectivity index is 1.76. The number of amides is 2. The van der Waals surface area contributed by atoms with Crippen molar-refractivity contribution in [1.29, 1.82) is 0 Å². The molecule has 3 aromatic rings. The van der Waals surface area contributed by atoms with E-state index in [2.05, 4.69) is 20.9 Å². The van der Waals surface area contributed by atoms with Crippen LogP contribution in [0.2, 0.25) is 0 Å². The maximum absolute atomic E-state index is 13.4. The maximum Gasteiger partial charge on any atom is 0.326 e. The molecular formula is C26H33N5O4S2. The number of aliphatic carboxylic acids is 1. The summed E-state index contributed by atoms with van der Waals surface area (Å²) in [6, 6.07) is 8.39. The first kappa shape index (κ1) is 28.4. The van der Waals surface area contributed by atoms with Gasteiger partial charge in [-0.25, -0.2) is 9.48 Å². The molecular weight excluding hydrogens is 510 g/mol. The maximum atomic E-state index is 13.4. The number of benzene rings is 1. The van der Waals surface area contributed by atoms with Gasteiger partial charge >= 0.3 is 5.97 Å². The molecule has 0 spiro atoms. The molecule has 9 nitrogen and oxygen atoms in total. The summed E-state index contributed by atoms with van der Waals surface area (Å²) in [4.78, 5) is 38.6. The molecule has 3 atom stereocenters. The summed E-state index contributed by atoms with van der Waals surface area (Å²) >= 11 is 3.16. The van der Waals surface area contributed by atoms with Crippen LogP contribution in [-0.4, -0.2) is 62.0 Å². The third-order valence-electron chi connectivity index (χ3n) is 5.78. The highest BCUT2D eigenvalue weighted by Gasteiger charge is 2.30. The Labute approximate surface area is 225 Å². The number of carbonyl (C=O) groups is 3. The Morgan fingerprint density at radius 3 is 2.43 bits per heavy atom. The number of thiophene rings is 1. The minimum atomic E-state index is -1.13. The predicted molar refractivity (Wildman–Crippen MR) is 146 cm³/mol. The van der Waals surface area contributed by atoms with Crippen LogP contribution in [0.3, 0.4) is 0 Å². The third kappa shape index (κ3) is 8.43. The smallest absolute Gasteiger partial charge is 0.326 e. The molecule has 198 valence electrons. The number of nitrogens with one attached hydrogen (secondary N) is 2. The largest absolute Gasteiger partial charge is 0.480 e. The van der Waals surface area contributed by atoms with Crippen molar-refractivity contribution in [3.8, 4) is 11.3 Å². The van der Waals surface area contributed by atoms with Gasteiger partial charge in [-0.2, -0.15) is 23.1 Å². The van der Waals surface area contributed by atoms with E-state index in [1.807, 2.05) is 67.3 Å². The van der Waals surface area contributed by atoms with Crippen molar-refractivity contribution in [3.63, 3.8) is 0 Å². The number of carbonyl (C=O) groups excluding carboxylic acids is 2. The van der Waals surface area contributed by atoms with Crippen molar-refractivity contribution >= 4 is 40.9 Å². The molecule has 2 aromatic heterocycles. The lowest BCUT2D eigenvalue weighted by atomic mass is 10.0. The zero-order valence-electron chi connectivity index (χ0n) is 21.2. The van der Waals surface area contributed by atoms with Gasteiger partial charge in [-0.1, -0.05) is 49.4 Å². The second-order valence-electron chi connectivity index (χ2n) is 9.17. The van der Waals surface area contributed by atoms with Gasteiger partial charge < -0.3 is 15.7 Å². The van der Waals surface area contributed by atoms with Crippen LogP contribution < -0.4 is 10.6 Å². The zero-order valence-corrected chi connectivity index (χ0v) is 22.8. The summed E-state index contributed by atoms with van der Waals surface area (Å²) in [5.41, 5.74) is 2.39. The predicted octanol–water partition coefficient (Wildman–Crippen LogP) is 3.64. The Morgan fingerprint density at radius 1 is 1.08 bits per heavy atom. The van der Waals surface area contributed by atoms with Gasteiger partial charge in [0.2, 0.25) is 11.8 Å². The van der Waals surface area contributed by atoms with Gasteiger partial charge in [0, 0.05) is 17.4 Å². The molecule has 0 bridgehead atoms. The van der Waals surface area contributed by atoms with E-state index in [1.54, 1.807) is 34.0 Å². The van der Waals surface area contributed by atoms with Gasteiger partial charge in [0.05, 0.1) is 6.20 Å². The first-order valence-corrected chi connectivity index (χ1v) is 14.4. The molecule has 0 saturated heterocycles. The Bertz CT molecular complexity index is 1150. The van der Waals surface area contributed by atoms with E-state index in [4.69, 9.17) is 0 Å². The molecule has 37 heavy (non-hydrogen) atoms. The molecule has 0 fully saturated rings. The summed E-state index contributed by atoms with van der Waals surface area (Å²) in [7, 11) is 0. The monoisotopic (exact) mass is 543 g/mol. The van der Waals surface area contributed by atoms with Gasteiger partial charge in [-0.15, -0.1) is 5.10 Å². The lowest BCUT2D eigenvalue weighted by Crippen LogP contribution is -2.53. The molecule has 2 heterocycles. The van der Waals surface area contributed by atoms with E-state index in [1.165, 1.54) is 0 Å². The summed E-state index contributed by atoms with van der Waals surface area (Å²) in [5, 5.41) is 27.5. The Kier molecular flexibility index (Phi) is 10.7. The lowest BCUT2D eigenvalue weighted by Gasteiger charge is -2.25. The molecule has 0 aliphatic rings. The zero-order chi connectivity index (χ0) is 26.8. The number of aromatic nitrogens is 3. The van der Waals surface area contributed by atoms with Gasteiger partial charge in [0.25, 0.3) is 0 Å². The van der Waals surface area contributed by atoms with Crippen LogP contribution in [0.25, 0.3) is 11.3 Å². The summed E-state index contributed by atoms with van der Waals surface area (Å²) in [5.74, 6) is -1.20. The van der Waals surface area contributed by atoms with Gasteiger partial charge in [-0.3, -0.25) is 9.59 Å². The molecule has 2 amide bonds. The molecule has 0 unspecified atom stereocenters. The van der Waals surface area contributed by atoms with Crippen LogP contribution in [0, 0.1) is 5.92 Å². The second-order valence-corrected chi connectivity index (χ2v) is 10.9. The summed E-state index contributed by atoms with van der Waals surface area (Å²) < 4.78 is 1.54. The number of nitrogens with zero attached hydrogens (tertiary/aromatic N) is 3. The fourth-order valence-electron chi connectivity index (χ4n) is 3.88. The second kappa shape index (κ2) is 13.9. The average molecular weight is 544 g/mol. The fourth-order valence-corrected chi connectivity index (χ4v) is 4.99. The number of thioether (sulfide) groups is 1. The Hall–Kier alpha value is -3.18. The highest BCUT2D eigenvalue weighted by atomic mass is 32.2. The van der Waals surface area contributed by atoms with Gasteiger partial charge in [0.1, 0.15) is 23.8 Å². The molecule has 0 aliphatic carbocycles. The van der Waals surface area contributed by atoms with Crippen LogP contribution >= 0.6 is 23.1 Å². The van der Waals surface area contributed by atoms with E-state index in [0.717, 1.165) is 11.1 Å². The minimum absolute atomic E-state index is 0.0923. The standard InChI is InChI=1S/C26H33N5O4S2/c1-17(2)13-20(24(32)28-21(26(34)35)14-18-7-5-4-6-8-18)27-25(33)23(10-11-36-3)31-15-22(29-30-31)19-9-12-37-16-19/h4-9,12,15-17,20-21,23H,10-11,13-14H2,1-3H3,(H,27,33)(H,28,32)(H,34,35)/t20-,21-,23-/m0/s1. The molecule has 0 saturated carbocycles. The van der Waals surface area contributed by atoms with Crippen LogP contribution in [0.15, 0.2) is 53.4 Å². The van der Waals surface area contributed by atoms with Crippen LogP contribution in [0.1, 0.15) is 38.3 Å². The van der Waals surface area contributed by atoms with Crippen LogP contribution in [0.4, 0.5) is 0 Å². The van der Waals surface area contributed by atoms with Crippen molar-refractivity contribution < 1.29 is 19.5 Å². The van der Waals surface area contributed by atoms with Crippen molar-refractivity contribution in [2.45, 2.75) is 51.2 Å². The van der Waals surface area contributed by atoms with Crippen molar-refractivity contribution in [2.75, 3.05) is 12.0 Å². The highest BCUT2D eigenvalue weighted by Crippen LogP contribution is 2.22. The number of rotatable bonds is 14. The first-order valence-electron chi connectivity index (χ1n) is 12.1. The van der Waals surface area contributed by atoms with E-state index < -0.39 is 30.0 Å². The SMILES string of the molecule is CSCC[C@@H](C(=O)N[C@@H](CC(C)C)C(=O)N[C@@H](Cc1ccccc1)C(=O)O)n1cc(-c2ccsc2)nn1. The Morgan fingerprint density at radius 2 is 1.81 bits per heavy atom. The molecule has 0 radical (unpaired) electrons. The normalized spacial score (nSPS) is 13.6. The summed E-state index contributed by atoms with van der Waals surface area (Å²) in [6.45, 7) is 3.89. The molecule has 1 aromatic carbocycles. The molecule has 0 aliphatic heterocycles. The van der Waals surface area contributed by atoms with Gasteiger partial charge in [0.15, 0.2) is 0 Å². The molecule has 3 rings (SSSR count). The number of hydrogen-bond acceptors (Lipinski definition) is 7. The lowest BCUT2D eigenvalue weighted by molar-refractivity contribution is -0.142. The van der Waals surface area contributed by atoms with Crippen molar-refractivity contribution in [2.24, 2.45) is 5.92 Å². The van der Waals surface area contributed by atoms with Crippen molar-refractivity contribution in [3.05, 3.63) is 58.9 Å². The van der Waals surface area contributed by atoms with Crippen LogP contribution in [0.5, 0.6) is 0 Å². The average Bonchev–Trinajstić information content (AvgIpc) is 3.56.